The maximum Gasteiger partial charge on any atom is 0.277 e. The standard InChI is InChI=1S/C34H25Cl2N2O2P.ClHO4/c35-26-16-13-17-27(24-26)37-34(40)31(38-33(39)25-14-5-1-6-15-25)32(36)41(28-18-7-2-8-19-28,29-20-9-3-10-21-29)30-22-11-4-12-23-30;2-1(3,4)5/h1-24H,(H-,37,38,39,40);(H,2,3,4,5)/b32-31-;. The summed E-state index contributed by atoms with van der Waals surface area (Å²) in [6.45, 7) is 0. The highest BCUT2D eigenvalue weighted by atomic mass is 35.7. The van der Waals surface area contributed by atoms with Crippen molar-refractivity contribution in [1.29, 1.82) is 0 Å². The van der Waals surface area contributed by atoms with Crippen molar-refractivity contribution in [3.05, 3.63) is 167 Å². The second kappa shape index (κ2) is 16.0. The predicted octanol–water partition coefficient (Wildman–Crippen LogP) is 2.35. The lowest BCUT2D eigenvalue weighted by atomic mass is 10.2. The molecule has 5 aromatic rings. The van der Waals surface area contributed by atoms with Gasteiger partial charge in [0.15, 0.2) is 13.0 Å². The molecular formula is C34H26Cl3N2O6P. The Morgan fingerprint density at radius 2 is 1.02 bits per heavy atom. The molecule has 0 aliphatic carbocycles. The summed E-state index contributed by atoms with van der Waals surface area (Å²) in [5.41, 5.74) is 0.833. The molecule has 0 radical (unpaired) electrons. The molecule has 0 saturated heterocycles. The minimum Gasteiger partial charge on any atom is -0.321 e. The van der Waals surface area contributed by atoms with Crippen LogP contribution in [0.4, 0.5) is 5.69 Å². The number of amides is 2. The predicted molar refractivity (Wildman–Crippen MR) is 172 cm³/mol. The molecule has 5 aromatic carbocycles. The molecule has 0 unspecified atom stereocenters. The van der Waals surface area contributed by atoms with Crippen molar-refractivity contribution in [2.75, 3.05) is 5.32 Å². The summed E-state index contributed by atoms with van der Waals surface area (Å²) in [6, 6.07) is 45.2. The van der Waals surface area contributed by atoms with Crippen LogP contribution in [-0.4, -0.2) is 11.8 Å². The fraction of sp³-hybridized carbons (Fsp3) is 0. The summed E-state index contributed by atoms with van der Waals surface area (Å²) >= 11 is 13.7. The van der Waals surface area contributed by atoms with Crippen molar-refractivity contribution < 1.29 is 38.5 Å². The van der Waals surface area contributed by atoms with E-state index in [1.165, 1.54) is 0 Å². The van der Waals surface area contributed by atoms with Crippen LogP contribution >= 0.6 is 30.5 Å². The lowest BCUT2D eigenvalue weighted by molar-refractivity contribution is -2.00. The van der Waals surface area contributed by atoms with E-state index < -0.39 is 29.3 Å². The number of rotatable bonds is 8. The zero-order valence-electron chi connectivity index (χ0n) is 23.9. The number of halogens is 3. The zero-order valence-corrected chi connectivity index (χ0v) is 27.0. The molecule has 234 valence electrons. The average Bonchev–Trinajstić information content (AvgIpc) is 3.05. The van der Waals surface area contributed by atoms with Crippen LogP contribution in [0.25, 0.3) is 0 Å². The van der Waals surface area contributed by atoms with Gasteiger partial charge in [0.1, 0.15) is 15.9 Å². The molecule has 0 bridgehead atoms. The van der Waals surface area contributed by atoms with E-state index in [-0.39, 0.29) is 10.5 Å². The van der Waals surface area contributed by atoms with Gasteiger partial charge in [0.25, 0.3) is 11.8 Å². The van der Waals surface area contributed by atoms with E-state index in [1.54, 1.807) is 48.5 Å². The summed E-state index contributed by atoms with van der Waals surface area (Å²) in [6.07, 6.45) is 0. The Labute approximate surface area is 278 Å². The largest absolute Gasteiger partial charge is 0.321 e. The third-order valence-electron chi connectivity index (χ3n) is 6.52. The SMILES string of the molecule is O=C(Nc1cccc(Cl)c1)/C(NC(=O)c1ccccc1)=C(\Cl)[P+](c1ccccc1)(c1ccccc1)c1ccccc1.[O-][Cl+3]([O-])([O-])[O-]. The van der Waals surface area contributed by atoms with Gasteiger partial charge in [-0.15, -0.1) is 10.2 Å². The lowest BCUT2D eigenvalue weighted by Crippen LogP contribution is -2.68. The summed E-state index contributed by atoms with van der Waals surface area (Å²) in [5.74, 6) is -1.01. The zero-order chi connectivity index (χ0) is 33.2. The summed E-state index contributed by atoms with van der Waals surface area (Å²) in [4.78, 5) is 27.6. The summed E-state index contributed by atoms with van der Waals surface area (Å²) in [7, 11) is -7.82. The molecule has 0 saturated carbocycles. The number of anilines is 1. The van der Waals surface area contributed by atoms with E-state index in [9.17, 15) is 9.59 Å². The van der Waals surface area contributed by atoms with E-state index in [2.05, 4.69) is 10.6 Å². The molecule has 0 aromatic heterocycles. The van der Waals surface area contributed by atoms with E-state index in [1.807, 2.05) is 97.1 Å². The van der Waals surface area contributed by atoms with Gasteiger partial charge < -0.3 is 10.6 Å². The van der Waals surface area contributed by atoms with Gasteiger partial charge in [-0.25, -0.2) is 18.6 Å². The maximum atomic E-state index is 14.1. The quantitative estimate of drug-likeness (QED) is 0.188. The first-order valence-corrected chi connectivity index (χ1v) is 17.3. The second-order valence-electron chi connectivity index (χ2n) is 9.51. The Bertz CT molecular complexity index is 1690. The van der Waals surface area contributed by atoms with Gasteiger partial charge in [-0.2, -0.15) is 0 Å². The van der Waals surface area contributed by atoms with Crippen molar-refractivity contribution in [2.45, 2.75) is 0 Å². The highest BCUT2D eigenvalue weighted by Crippen LogP contribution is 2.64. The number of nitrogens with one attached hydrogen (secondary N) is 2. The molecule has 0 fully saturated rings. The van der Waals surface area contributed by atoms with Crippen molar-refractivity contribution in [3.8, 4) is 0 Å². The van der Waals surface area contributed by atoms with Crippen LogP contribution in [-0.2, 0) is 4.79 Å². The first-order chi connectivity index (χ1) is 22.0. The normalized spacial score (nSPS) is 11.8. The van der Waals surface area contributed by atoms with Gasteiger partial charge in [-0.1, -0.05) is 90.5 Å². The molecule has 0 aliphatic rings. The topological polar surface area (TPSA) is 150 Å². The maximum absolute atomic E-state index is 14.1. The third-order valence-corrected chi connectivity index (χ3v) is 11.7. The third kappa shape index (κ3) is 9.01. The smallest absolute Gasteiger partial charge is 0.277 e. The average molecular weight is 696 g/mol. The minimum atomic E-state index is -4.94. The molecule has 2 amide bonds. The van der Waals surface area contributed by atoms with Crippen molar-refractivity contribution in [3.63, 3.8) is 0 Å². The molecule has 8 nitrogen and oxygen atoms in total. The first kappa shape index (κ1) is 34.8. The van der Waals surface area contributed by atoms with Crippen LogP contribution in [0.15, 0.2) is 156 Å². The van der Waals surface area contributed by atoms with Gasteiger partial charge in [-0.3, -0.25) is 9.59 Å². The number of carbonyl (C=O) groups is 2. The Morgan fingerprint density at radius 1 is 0.609 bits per heavy atom. The van der Waals surface area contributed by atoms with Crippen LogP contribution in [0.3, 0.4) is 0 Å². The van der Waals surface area contributed by atoms with Gasteiger partial charge >= 0.3 is 0 Å². The molecule has 2 N–H and O–H groups in total. The summed E-state index contributed by atoms with van der Waals surface area (Å²) in [5, 5.41) is 9.03. The number of carbonyl (C=O) groups excluding carboxylic acids is 2. The van der Waals surface area contributed by atoms with Crippen molar-refractivity contribution in [1.82, 2.24) is 5.32 Å². The Hall–Kier alpha value is -4.08. The Balaban J connectivity index is 0.000000892. The van der Waals surface area contributed by atoms with Gasteiger partial charge in [0, 0.05) is 16.3 Å². The van der Waals surface area contributed by atoms with Gasteiger partial charge in [0.05, 0.1) is 0 Å². The van der Waals surface area contributed by atoms with Crippen molar-refractivity contribution in [2.24, 2.45) is 0 Å². The molecule has 0 aliphatic heterocycles. The minimum absolute atomic E-state index is 0.0367. The Morgan fingerprint density at radius 3 is 1.43 bits per heavy atom. The molecule has 5 rings (SSSR count). The molecule has 0 heterocycles. The summed E-state index contributed by atoms with van der Waals surface area (Å²) < 4.78 is 34.2. The van der Waals surface area contributed by atoms with Gasteiger partial charge in [0.2, 0.25) is 4.77 Å². The molecular weight excluding hydrogens is 670 g/mol. The van der Waals surface area contributed by atoms with E-state index >= 15 is 0 Å². The fourth-order valence-corrected chi connectivity index (χ4v) is 9.77. The number of hydrogen-bond donors (Lipinski definition) is 2. The van der Waals surface area contributed by atoms with Crippen LogP contribution < -0.4 is 45.2 Å². The molecule has 46 heavy (non-hydrogen) atoms. The Kier molecular flexibility index (Phi) is 12.1. The van der Waals surface area contributed by atoms with Crippen LogP contribution in [0.1, 0.15) is 10.4 Å². The van der Waals surface area contributed by atoms with E-state index in [0.29, 0.717) is 16.3 Å². The molecule has 0 spiro atoms. The van der Waals surface area contributed by atoms with Crippen LogP contribution in [0, 0.1) is 10.2 Å². The fourth-order valence-electron chi connectivity index (χ4n) is 4.65. The molecule has 12 heteroatoms. The van der Waals surface area contributed by atoms with Crippen LogP contribution in [0.2, 0.25) is 5.02 Å². The van der Waals surface area contributed by atoms with Gasteiger partial charge in [-0.05, 0) is 78.3 Å². The number of hydrogen-bond acceptors (Lipinski definition) is 6. The second-order valence-corrected chi connectivity index (χ2v) is 14.7. The lowest BCUT2D eigenvalue weighted by Gasteiger charge is -2.28. The van der Waals surface area contributed by atoms with E-state index in [4.69, 9.17) is 41.8 Å². The highest BCUT2D eigenvalue weighted by Gasteiger charge is 2.52. The monoisotopic (exact) mass is 694 g/mol. The van der Waals surface area contributed by atoms with E-state index in [0.717, 1.165) is 15.9 Å². The van der Waals surface area contributed by atoms with Crippen molar-refractivity contribution >= 4 is 63.9 Å². The molecule has 0 atom stereocenters. The highest BCUT2D eigenvalue weighted by molar-refractivity contribution is 8.00. The first-order valence-electron chi connectivity index (χ1n) is 13.5. The van der Waals surface area contributed by atoms with Crippen LogP contribution in [0.5, 0.6) is 0 Å². The number of benzene rings is 5.